The Morgan fingerprint density at radius 2 is 2.00 bits per heavy atom. The predicted octanol–water partition coefficient (Wildman–Crippen LogP) is 3.05. The van der Waals surface area contributed by atoms with E-state index in [0.717, 1.165) is 5.76 Å². The summed E-state index contributed by atoms with van der Waals surface area (Å²) in [6.07, 6.45) is 1.85. The van der Waals surface area contributed by atoms with E-state index in [9.17, 15) is 18.7 Å². The molecule has 0 fully saturated rings. The lowest BCUT2D eigenvalue weighted by molar-refractivity contribution is -0.116. The molecule has 0 radical (unpaired) electrons. The lowest BCUT2D eigenvalue weighted by Gasteiger charge is -2.12. The number of carbonyl (C=O) groups excluding carboxylic acids is 1. The van der Waals surface area contributed by atoms with Crippen molar-refractivity contribution < 1.29 is 27.8 Å². The van der Waals surface area contributed by atoms with Crippen molar-refractivity contribution >= 4 is 12.0 Å². The summed E-state index contributed by atoms with van der Waals surface area (Å²) in [5.41, 5.74) is 0.475. The number of furan rings is 1. The van der Waals surface area contributed by atoms with Gasteiger partial charge in [0.2, 0.25) is 5.91 Å². The van der Waals surface area contributed by atoms with E-state index in [1.165, 1.54) is 36.4 Å². The minimum Gasteiger partial charge on any atom is -0.462 e. The molecule has 0 aliphatic heterocycles. The summed E-state index contributed by atoms with van der Waals surface area (Å²) in [6, 6.07) is 9.07. The Hall–Kier alpha value is -2.67. The van der Waals surface area contributed by atoms with E-state index >= 15 is 0 Å². The van der Waals surface area contributed by atoms with Crippen molar-refractivity contribution in [2.45, 2.75) is 19.6 Å². The van der Waals surface area contributed by atoms with E-state index in [1.807, 2.05) is 0 Å². The maximum absolute atomic E-state index is 12.1. The number of hydrogen-bond acceptors (Lipinski definition) is 4. The van der Waals surface area contributed by atoms with Crippen molar-refractivity contribution in [2.24, 2.45) is 0 Å². The summed E-state index contributed by atoms with van der Waals surface area (Å²) >= 11 is 0. The second kappa shape index (κ2) is 8.26. The molecule has 0 bridgehead atoms. The van der Waals surface area contributed by atoms with Gasteiger partial charge in [0.1, 0.15) is 17.3 Å². The molecule has 2 aromatic rings. The number of nitrogens with one attached hydrogen (secondary N) is 1. The summed E-state index contributed by atoms with van der Waals surface area (Å²) in [4.78, 5) is 11.7. The first-order valence-electron chi connectivity index (χ1n) is 7.19. The monoisotopic (exact) mass is 337 g/mol. The van der Waals surface area contributed by atoms with Gasteiger partial charge in [0, 0.05) is 12.6 Å². The second-order valence-electron chi connectivity index (χ2n) is 4.99. The molecule has 2 N–H and O–H groups in total. The van der Waals surface area contributed by atoms with Crippen LogP contribution in [0, 0.1) is 6.92 Å². The van der Waals surface area contributed by atoms with Crippen molar-refractivity contribution in [2.75, 3.05) is 6.54 Å². The lowest BCUT2D eigenvalue weighted by Crippen LogP contribution is -2.26. The smallest absolute Gasteiger partial charge is 0.387 e. The van der Waals surface area contributed by atoms with Gasteiger partial charge in [0.05, 0.1) is 6.10 Å². The number of carbonyl (C=O) groups is 1. The number of aryl methyl sites for hydroxylation is 1. The summed E-state index contributed by atoms with van der Waals surface area (Å²) < 4.78 is 33.6. The van der Waals surface area contributed by atoms with Gasteiger partial charge in [-0.3, -0.25) is 4.79 Å². The van der Waals surface area contributed by atoms with Crippen molar-refractivity contribution in [1.29, 1.82) is 0 Å². The van der Waals surface area contributed by atoms with Gasteiger partial charge in [-0.25, -0.2) is 0 Å². The molecule has 5 nitrogen and oxygen atoms in total. The van der Waals surface area contributed by atoms with Gasteiger partial charge in [-0.1, -0.05) is 12.1 Å². The van der Waals surface area contributed by atoms with Crippen LogP contribution in [-0.2, 0) is 4.79 Å². The van der Waals surface area contributed by atoms with Gasteiger partial charge in [-0.05, 0) is 42.8 Å². The van der Waals surface area contributed by atoms with Crippen LogP contribution in [0.1, 0.15) is 23.2 Å². The Labute approximate surface area is 137 Å². The molecule has 1 aromatic heterocycles. The zero-order chi connectivity index (χ0) is 17.5. The molecule has 1 amide bonds. The quantitative estimate of drug-likeness (QED) is 0.762. The number of ether oxygens (including phenoxy) is 1. The van der Waals surface area contributed by atoms with Crippen LogP contribution in [0.3, 0.4) is 0 Å². The fourth-order valence-electron chi connectivity index (χ4n) is 1.95. The van der Waals surface area contributed by atoms with Crippen molar-refractivity contribution in [3.63, 3.8) is 0 Å². The van der Waals surface area contributed by atoms with E-state index in [-0.39, 0.29) is 18.2 Å². The first-order valence-corrected chi connectivity index (χ1v) is 7.19. The van der Waals surface area contributed by atoms with Gasteiger partial charge in [-0.2, -0.15) is 8.78 Å². The largest absolute Gasteiger partial charge is 0.462 e. The highest BCUT2D eigenvalue weighted by molar-refractivity contribution is 5.91. The molecular formula is C17H17F2NO4. The van der Waals surface area contributed by atoms with Crippen LogP contribution < -0.4 is 10.1 Å². The molecule has 128 valence electrons. The van der Waals surface area contributed by atoms with Gasteiger partial charge in [0.15, 0.2) is 0 Å². The minimum absolute atomic E-state index is 0.00154. The van der Waals surface area contributed by atoms with Crippen molar-refractivity contribution in [3.8, 4) is 5.75 Å². The normalized spacial score (nSPS) is 12.5. The highest BCUT2D eigenvalue weighted by Crippen LogP contribution is 2.19. The second-order valence-corrected chi connectivity index (χ2v) is 4.99. The van der Waals surface area contributed by atoms with Crippen LogP contribution in [-0.4, -0.2) is 24.2 Å². The van der Waals surface area contributed by atoms with E-state index in [0.29, 0.717) is 11.3 Å². The molecular weight excluding hydrogens is 320 g/mol. The zero-order valence-corrected chi connectivity index (χ0v) is 12.9. The number of aliphatic hydroxyl groups is 1. The Morgan fingerprint density at radius 1 is 1.29 bits per heavy atom. The van der Waals surface area contributed by atoms with E-state index in [4.69, 9.17) is 4.42 Å². The van der Waals surface area contributed by atoms with Crippen LogP contribution in [0.4, 0.5) is 8.78 Å². The molecule has 24 heavy (non-hydrogen) atoms. The number of halogens is 2. The van der Waals surface area contributed by atoms with Crippen LogP contribution in [0.5, 0.6) is 5.75 Å². The number of benzene rings is 1. The fourth-order valence-corrected chi connectivity index (χ4v) is 1.95. The molecule has 0 aliphatic carbocycles. The van der Waals surface area contributed by atoms with Crippen LogP contribution in [0.25, 0.3) is 6.08 Å². The Kier molecular flexibility index (Phi) is 6.08. The SMILES string of the molecule is Cc1ccc(/C=C/C(=O)NCC(O)c2ccc(OC(F)F)cc2)o1. The van der Waals surface area contributed by atoms with Crippen molar-refractivity contribution in [3.05, 3.63) is 59.6 Å². The fraction of sp³-hybridized carbons (Fsp3) is 0.235. The summed E-state index contributed by atoms with van der Waals surface area (Å²) in [6.45, 7) is -1.12. The van der Waals surface area contributed by atoms with Gasteiger partial charge in [-0.15, -0.1) is 0 Å². The Morgan fingerprint density at radius 3 is 2.58 bits per heavy atom. The number of amides is 1. The highest BCUT2D eigenvalue weighted by atomic mass is 19.3. The number of aliphatic hydroxyl groups excluding tert-OH is 1. The first kappa shape index (κ1) is 17.7. The Bertz CT molecular complexity index is 695. The first-order chi connectivity index (χ1) is 11.4. The summed E-state index contributed by atoms with van der Waals surface area (Å²) in [5, 5.41) is 12.5. The molecule has 0 spiro atoms. The lowest BCUT2D eigenvalue weighted by atomic mass is 10.1. The maximum Gasteiger partial charge on any atom is 0.387 e. The minimum atomic E-state index is -2.90. The van der Waals surface area contributed by atoms with Gasteiger partial charge < -0.3 is 19.6 Å². The standard InChI is InChI=1S/C17H17F2NO4/c1-11-2-5-13(23-11)8-9-16(22)20-10-15(21)12-3-6-14(7-4-12)24-17(18)19/h2-9,15,17,21H,10H2,1H3,(H,20,22)/b9-8+. The molecule has 0 saturated heterocycles. The van der Waals surface area contributed by atoms with Gasteiger partial charge >= 0.3 is 6.61 Å². The molecule has 1 unspecified atom stereocenters. The van der Waals surface area contributed by atoms with E-state index in [2.05, 4.69) is 10.1 Å². The molecule has 1 aromatic carbocycles. The zero-order valence-electron chi connectivity index (χ0n) is 12.9. The predicted molar refractivity (Wildman–Crippen MR) is 83.5 cm³/mol. The average Bonchev–Trinajstić information content (AvgIpc) is 2.96. The molecule has 2 rings (SSSR count). The number of alkyl halides is 2. The highest BCUT2D eigenvalue weighted by Gasteiger charge is 2.10. The molecule has 1 heterocycles. The maximum atomic E-state index is 12.1. The third-order valence-corrected chi connectivity index (χ3v) is 3.12. The molecule has 7 heteroatoms. The van der Waals surface area contributed by atoms with Crippen LogP contribution in [0.2, 0.25) is 0 Å². The van der Waals surface area contributed by atoms with E-state index in [1.54, 1.807) is 19.1 Å². The molecule has 0 aliphatic rings. The Balaban J connectivity index is 1.82. The number of rotatable bonds is 7. The average molecular weight is 337 g/mol. The number of hydrogen-bond donors (Lipinski definition) is 2. The topological polar surface area (TPSA) is 71.7 Å². The summed E-state index contributed by atoms with van der Waals surface area (Å²) in [5.74, 6) is 0.907. The van der Waals surface area contributed by atoms with Crippen LogP contribution >= 0.6 is 0 Å². The third kappa shape index (κ3) is 5.51. The summed E-state index contributed by atoms with van der Waals surface area (Å²) in [7, 11) is 0. The van der Waals surface area contributed by atoms with Crippen LogP contribution in [0.15, 0.2) is 46.9 Å². The molecule has 1 atom stereocenters. The third-order valence-electron chi connectivity index (χ3n) is 3.12. The molecule has 0 saturated carbocycles. The van der Waals surface area contributed by atoms with E-state index < -0.39 is 12.7 Å². The van der Waals surface area contributed by atoms with Crippen molar-refractivity contribution in [1.82, 2.24) is 5.32 Å². The van der Waals surface area contributed by atoms with Gasteiger partial charge in [0.25, 0.3) is 0 Å².